The van der Waals surface area contributed by atoms with E-state index in [9.17, 15) is 9.59 Å². The molecule has 5 heteroatoms. The Kier molecular flexibility index (Phi) is 2.98. The summed E-state index contributed by atoms with van der Waals surface area (Å²) >= 11 is 1.56. The van der Waals surface area contributed by atoms with Gasteiger partial charge in [0.25, 0.3) is 5.91 Å². The van der Waals surface area contributed by atoms with Gasteiger partial charge in [-0.15, -0.1) is 11.3 Å². The van der Waals surface area contributed by atoms with Crippen LogP contribution in [0.2, 0.25) is 0 Å². The number of carboxylic acids is 1. The molecule has 0 aliphatic carbocycles. The van der Waals surface area contributed by atoms with Gasteiger partial charge in [0.15, 0.2) is 0 Å². The first kappa shape index (κ1) is 12.2. The van der Waals surface area contributed by atoms with Crippen molar-refractivity contribution in [1.82, 2.24) is 4.90 Å². The Balaban J connectivity index is 1.74. The van der Waals surface area contributed by atoms with E-state index < -0.39 is 5.97 Å². The van der Waals surface area contributed by atoms with E-state index in [-0.39, 0.29) is 18.2 Å². The molecule has 2 heterocycles. The summed E-state index contributed by atoms with van der Waals surface area (Å²) in [6, 6.07) is 7.84. The first-order valence-electron chi connectivity index (χ1n) is 6.12. The number of likely N-dealkylation sites (tertiary alicyclic amines) is 1. The van der Waals surface area contributed by atoms with Crippen LogP contribution >= 0.6 is 11.3 Å². The number of carboxylic acid groups (broad SMARTS) is 1. The SMILES string of the molecule is O=C(O)CC1CN(C(=O)c2csc3ccccc23)C1. The number of carbonyl (C=O) groups excluding carboxylic acids is 1. The third kappa shape index (κ3) is 2.21. The van der Waals surface area contributed by atoms with Crippen molar-refractivity contribution >= 4 is 33.3 Å². The number of fused-ring (bicyclic) bond motifs is 1. The van der Waals surface area contributed by atoms with Crippen LogP contribution in [-0.4, -0.2) is 35.0 Å². The second kappa shape index (κ2) is 4.66. The van der Waals surface area contributed by atoms with Crippen molar-refractivity contribution in [2.24, 2.45) is 5.92 Å². The molecule has 1 aliphatic rings. The Labute approximate surface area is 114 Å². The molecule has 2 aromatic rings. The minimum atomic E-state index is -0.793. The third-order valence-electron chi connectivity index (χ3n) is 3.42. The predicted octanol–water partition coefficient (Wildman–Crippen LogP) is 2.45. The molecule has 19 heavy (non-hydrogen) atoms. The van der Waals surface area contributed by atoms with Crippen molar-refractivity contribution < 1.29 is 14.7 Å². The maximum atomic E-state index is 12.3. The summed E-state index contributed by atoms with van der Waals surface area (Å²) in [5.74, 6) is -0.677. The van der Waals surface area contributed by atoms with E-state index in [1.807, 2.05) is 29.6 Å². The fourth-order valence-electron chi connectivity index (χ4n) is 2.43. The summed E-state index contributed by atoms with van der Waals surface area (Å²) in [5, 5.41) is 11.6. The summed E-state index contributed by atoms with van der Waals surface area (Å²) in [6.45, 7) is 1.10. The zero-order chi connectivity index (χ0) is 13.4. The van der Waals surface area contributed by atoms with E-state index in [4.69, 9.17) is 5.11 Å². The number of carbonyl (C=O) groups is 2. The molecule has 1 saturated heterocycles. The van der Waals surface area contributed by atoms with Crippen molar-refractivity contribution in [2.45, 2.75) is 6.42 Å². The van der Waals surface area contributed by atoms with Crippen molar-refractivity contribution in [1.29, 1.82) is 0 Å². The lowest BCUT2D eigenvalue weighted by Gasteiger charge is -2.38. The molecular formula is C14H13NO3S. The Morgan fingerprint density at radius 3 is 2.79 bits per heavy atom. The monoisotopic (exact) mass is 275 g/mol. The molecule has 0 bridgehead atoms. The highest BCUT2D eigenvalue weighted by atomic mass is 32.1. The topological polar surface area (TPSA) is 57.6 Å². The van der Waals surface area contributed by atoms with Gasteiger partial charge in [0.1, 0.15) is 0 Å². The van der Waals surface area contributed by atoms with E-state index in [1.165, 1.54) is 0 Å². The maximum absolute atomic E-state index is 12.3. The summed E-state index contributed by atoms with van der Waals surface area (Å²) in [4.78, 5) is 24.6. The highest BCUT2D eigenvalue weighted by Crippen LogP contribution is 2.29. The number of rotatable bonds is 3. The number of benzene rings is 1. The zero-order valence-corrected chi connectivity index (χ0v) is 11.0. The second-order valence-electron chi connectivity index (χ2n) is 4.82. The smallest absolute Gasteiger partial charge is 0.303 e. The Hall–Kier alpha value is -1.88. The molecule has 0 spiro atoms. The van der Waals surface area contributed by atoms with Crippen molar-refractivity contribution in [2.75, 3.05) is 13.1 Å². The average molecular weight is 275 g/mol. The number of nitrogens with zero attached hydrogens (tertiary/aromatic N) is 1. The molecule has 1 fully saturated rings. The van der Waals surface area contributed by atoms with Gasteiger partial charge in [-0.1, -0.05) is 18.2 Å². The Morgan fingerprint density at radius 1 is 1.32 bits per heavy atom. The third-order valence-corrected chi connectivity index (χ3v) is 4.38. The summed E-state index contributed by atoms with van der Waals surface area (Å²) in [6.07, 6.45) is 0.147. The van der Waals surface area contributed by atoms with Crippen molar-refractivity contribution in [3.63, 3.8) is 0 Å². The Bertz CT molecular complexity index is 643. The van der Waals surface area contributed by atoms with Crippen LogP contribution in [0.15, 0.2) is 29.6 Å². The second-order valence-corrected chi connectivity index (χ2v) is 5.73. The molecule has 1 aliphatic heterocycles. The van der Waals surface area contributed by atoms with Crippen LogP contribution in [-0.2, 0) is 4.79 Å². The average Bonchev–Trinajstić information content (AvgIpc) is 2.76. The predicted molar refractivity (Wildman–Crippen MR) is 73.5 cm³/mol. The molecule has 1 N–H and O–H groups in total. The molecule has 98 valence electrons. The van der Waals surface area contributed by atoms with Crippen LogP contribution < -0.4 is 0 Å². The van der Waals surface area contributed by atoms with Crippen LogP contribution in [0.25, 0.3) is 10.1 Å². The van der Waals surface area contributed by atoms with Crippen LogP contribution in [0.4, 0.5) is 0 Å². The summed E-state index contributed by atoms with van der Waals surface area (Å²) in [7, 11) is 0. The quantitative estimate of drug-likeness (QED) is 0.936. The molecule has 1 aromatic carbocycles. The standard InChI is InChI=1S/C14H13NO3S/c16-13(17)5-9-6-15(7-9)14(18)11-8-19-12-4-2-1-3-10(11)12/h1-4,8-9H,5-7H2,(H,16,17). The van der Waals surface area contributed by atoms with Gasteiger partial charge in [0.2, 0.25) is 0 Å². The number of hydrogen-bond donors (Lipinski definition) is 1. The normalized spacial score (nSPS) is 15.5. The summed E-state index contributed by atoms with van der Waals surface area (Å²) in [5.41, 5.74) is 0.731. The van der Waals surface area contributed by atoms with E-state index in [1.54, 1.807) is 16.2 Å². The van der Waals surface area contributed by atoms with Gasteiger partial charge in [-0.05, 0) is 6.07 Å². The molecule has 0 radical (unpaired) electrons. The zero-order valence-electron chi connectivity index (χ0n) is 10.2. The first-order valence-corrected chi connectivity index (χ1v) is 7.00. The lowest BCUT2D eigenvalue weighted by Crippen LogP contribution is -2.50. The fourth-order valence-corrected chi connectivity index (χ4v) is 3.36. The fraction of sp³-hybridized carbons (Fsp3) is 0.286. The lowest BCUT2D eigenvalue weighted by molar-refractivity contribution is -0.139. The largest absolute Gasteiger partial charge is 0.481 e. The van der Waals surface area contributed by atoms with E-state index in [0.29, 0.717) is 13.1 Å². The van der Waals surface area contributed by atoms with Gasteiger partial charge in [0, 0.05) is 34.5 Å². The van der Waals surface area contributed by atoms with Crippen molar-refractivity contribution in [3.8, 4) is 0 Å². The minimum absolute atomic E-state index is 0.0130. The van der Waals surface area contributed by atoms with E-state index in [0.717, 1.165) is 15.6 Å². The maximum Gasteiger partial charge on any atom is 0.303 e. The van der Waals surface area contributed by atoms with Crippen molar-refractivity contribution in [3.05, 3.63) is 35.2 Å². The number of amides is 1. The highest BCUT2D eigenvalue weighted by molar-refractivity contribution is 7.17. The molecule has 0 unspecified atom stereocenters. The Morgan fingerprint density at radius 2 is 2.05 bits per heavy atom. The van der Waals surface area contributed by atoms with Gasteiger partial charge < -0.3 is 10.0 Å². The lowest BCUT2D eigenvalue weighted by atomic mass is 9.95. The van der Waals surface area contributed by atoms with Gasteiger partial charge in [-0.2, -0.15) is 0 Å². The molecule has 1 aromatic heterocycles. The summed E-state index contributed by atoms with van der Waals surface area (Å²) < 4.78 is 1.11. The molecule has 4 nitrogen and oxygen atoms in total. The minimum Gasteiger partial charge on any atom is -0.481 e. The number of aliphatic carboxylic acids is 1. The van der Waals surface area contributed by atoms with Crippen LogP contribution in [0.1, 0.15) is 16.8 Å². The van der Waals surface area contributed by atoms with Gasteiger partial charge >= 0.3 is 5.97 Å². The molecule has 3 rings (SSSR count). The molecular weight excluding hydrogens is 262 g/mol. The van der Waals surface area contributed by atoms with Gasteiger partial charge in [-0.25, -0.2) is 0 Å². The molecule has 1 amide bonds. The highest BCUT2D eigenvalue weighted by Gasteiger charge is 2.33. The van der Waals surface area contributed by atoms with Gasteiger partial charge in [0.05, 0.1) is 12.0 Å². The van der Waals surface area contributed by atoms with E-state index >= 15 is 0 Å². The first-order chi connectivity index (χ1) is 9.15. The number of thiophene rings is 1. The van der Waals surface area contributed by atoms with Crippen LogP contribution in [0.3, 0.4) is 0 Å². The molecule has 0 atom stereocenters. The van der Waals surface area contributed by atoms with Crippen LogP contribution in [0, 0.1) is 5.92 Å². The number of hydrogen-bond acceptors (Lipinski definition) is 3. The van der Waals surface area contributed by atoms with Gasteiger partial charge in [-0.3, -0.25) is 9.59 Å². The molecule has 0 saturated carbocycles. The van der Waals surface area contributed by atoms with E-state index in [2.05, 4.69) is 0 Å². The van der Waals surface area contributed by atoms with Crippen LogP contribution in [0.5, 0.6) is 0 Å².